The van der Waals surface area contributed by atoms with Crippen molar-refractivity contribution in [2.45, 2.75) is 68.6 Å². The third-order valence-corrected chi connectivity index (χ3v) is 9.76. The number of piperidine rings is 1. The number of halogens is 3. The Hall–Kier alpha value is -3.68. The van der Waals surface area contributed by atoms with Crippen molar-refractivity contribution in [2.24, 2.45) is 5.92 Å². The Labute approximate surface area is 241 Å². The molecule has 0 bridgehead atoms. The van der Waals surface area contributed by atoms with E-state index in [-0.39, 0.29) is 11.4 Å². The van der Waals surface area contributed by atoms with Gasteiger partial charge in [-0.25, -0.2) is 17.5 Å². The number of carbonyl (C=O) groups excluding carboxylic acids is 3. The van der Waals surface area contributed by atoms with E-state index < -0.39 is 57.9 Å². The summed E-state index contributed by atoms with van der Waals surface area (Å²) < 4.78 is 60.6. The average Bonchev–Trinajstić information content (AvgIpc) is 3.50. The Morgan fingerprint density at radius 1 is 0.952 bits per heavy atom. The number of nitrogens with zero attached hydrogens (tertiary/aromatic N) is 3. The molecule has 3 fully saturated rings. The van der Waals surface area contributed by atoms with Gasteiger partial charge in [0.1, 0.15) is 0 Å². The minimum atomic E-state index is -5.08. The number of likely N-dealkylation sites (tertiary alicyclic amines) is 2. The molecule has 2 aromatic carbocycles. The van der Waals surface area contributed by atoms with E-state index in [9.17, 15) is 36.0 Å². The highest BCUT2D eigenvalue weighted by Gasteiger charge is 2.59. The van der Waals surface area contributed by atoms with Gasteiger partial charge in [0.15, 0.2) is 0 Å². The molecule has 5 rings (SSSR count). The molecule has 0 spiro atoms. The maximum Gasteiger partial charge on any atom is 0.490 e. The van der Waals surface area contributed by atoms with Crippen molar-refractivity contribution in [2.75, 3.05) is 19.6 Å². The Bertz CT molecular complexity index is 1470. The van der Waals surface area contributed by atoms with Crippen LogP contribution in [0.4, 0.5) is 13.2 Å². The van der Waals surface area contributed by atoms with Crippen LogP contribution in [0.1, 0.15) is 45.4 Å². The van der Waals surface area contributed by atoms with E-state index in [0.717, 1.165) is 29.0 Å². The molecule has 0 saturated carbocycles. The van der Waals surface area contributed by atoms with Crippen LogP contribution in [-0.2, 0) is 29.2 Å². The van der Waals surface area contributed by atoms with E-state index >= 15 is 0 Å². The minimum Gasteiger partial charge on any atom is -0.475 e. The molecule has 0 aliphatic carbocycles. The number of alkyl halides is 3. The highest BCUT2D eigenvalue weighted by molar-refractivity contribution is 7.90. The Kier molecular flexibility index (Phi) is 9.14. The van der Waals surface area contributed by atoms with Crippen molar-refractivity contribution in [1.29, 1.82) is 0 Å². The summed E-state index contributed by atoms with van der Waals surface area (Å²) in [5.74, 6) is -5.03. The zero-order valence-corrected chi connectivity index (χ0v) is 23.7. The molecule has 3 aliphatic heterocycles. The molecule has 2 aromatic rings. The number of hydrogen-bond donors (Lipinski definition) is 1. The van der Waals surface area contributed by atoms with Gasteiger partial charge in [-0.15, -0.1) is 0 Å². The fourth-order valence-electron chi connectivity index (χ4n) is 6.03. The Balaban J connectivity index is 0.000000517. The molecule has 0 radical (unpaired) electrons. The lowest BCUT2D eigenvalue weighted by Gasteiger charge is -2.31. The number of carboxylic acids is 1. The molecule has 10 nitrogen and oxygen atoms in total. The van der Waals surface area contributed by atoms with Gasteiger partial charge in [-0.2, -0.15) is 13.2 Å². The summed E-state index contributed by atoms with van der Waals surface area (Å²) in [6, 6.07) is 11.0. The van der Waals surface area contributed by atoms with E-state index in [1.165, 1.54) is 11.0 Å². The normalized spacial score (nSPS) is 22.5. The van der Waals surface area contributed by atoms with Gasteiger partial charge in [-0.1, -0.05) is 49.7 Å². The average molecular weight is 612 g/mol. The summed E-state index contributed by atoms with van der Waals surface area (Å²) in [6.45, 7) is 3.32. The third-order valence-electron chi connectivity index (χ3n) is 7.88. The van der Waals surface area contributed by atoms with Crippen LogP contribution in [0.3, 0.4) is 0 Å². The van der Waals surface area contributed by atoms with Crippen molar-refractivity contribution < 1.29 is 45.9 Å². The predicted octanol–water partition coefficient (Wildman–Crippen LogP) is 3.40. The van der Waals surface area contributed by atoms with Gasteiger partial charge in [0, 0.05) is 25.0 Å². The zero-order valence-electron chi connectivity index (χ0n) is 22.9. The molecule has 3 heterocycles. The summed E-state index contributed by atoms with van der Waals surface area (Å²) >= 11 is 0. The minimum absolute atomic E-state index is 0.0917. The number of aliphatic carboxylic acids is 1. The summed E-state index contributed by atoms with van der Waals surface area (Å²) in [5.41, 5.74) is 0. The molecule has 1 N–H and O–H groups in total. The van der Waals surface area contributed by atoms with Crippen LogP contribution in [-0.4, -0.2) is 89.2 Å². The number of carboxylic acid groups (broad SMARTS) is 1. The summed E-state index contributed by atoms with van der Waals surface area (Å²) in [7, 11) is -4.16. The fourth-order valence-corrected chi connectivity index (χ4v) is 7.92. The second-order valence-corrected chi connectivity index (χ2v) is 12.3. The van der Waals surface area contributed by atoms with Crippen molar-refractivity contribution >= 4 is 44.5 Å². The molecule has 228 valence electrons. The van der Waals surface area contributed by atoms with Gasteiger partial charge in [-0.3, -0.25) is 14.4 Å². The smallest absolute Gasteiger partial charge is 0.475 e. The maximum atomic E-state index is 13.9. The Morgan fingerprint density at radius 3 is 2.19 bits per heavy atom. The van der Waals surface area contributed by atoms with Gasteiger partial charge in [-0.05, 0) is 43.6 Å². The van der Waals surface area contributed by atoms with Gasteiger partial charge in [0.05, 0.1) is 22.9 Å². The van der Waals surface area contributed by atoms with Crippen molar-refractivity contribution in [3.63, 3.8) is 0 Å². The van der Waals surface area contributed by atoms with E-state index in [1.54, 1.807) is 23.1 Å². The largest absolute Gasteiger partial charge is 0.490 e. The topological polar surface area (TPSA) is 132 Å². The number of benzene rings is 2. The molecule has 42 heavy (non-hydrogen) atoms. The first-order valence-corrected chi connectivity index (χ1v) is 15.2. The number of sulfonamides is 1. The lowest BCUT2D eigenvalue weighted by atomic mass is 9.94. The predicted molar refractivity (Wildman–Crippen MR) is 144 cm³/mol. The second kappa shape index (κ2) is 12.3. The lowest BCUT2D eigenvalue weighted by Crippen LogP contribution is -2.51. The standard InChI is InChI=1S/C26H31N3O5S.C2HF3O2/c1-2-9-20-23-21(14-17-28(23)26(32)25(31)27-15-6-3-7-16-27)29(24(20)30)35(33,34)22-13-8-11-18-10-4-5-12-19(18)22;3-2(4,5)1(6)7/h4-5,8,10-13,20-21,23H,2-3,6-7,9,14-17H2,1H3;(H,6,7)/t20-,21+,23-;/m1./s1. The van der Waals surface area contributed by atoms with E-state index in [1.807, 2.05) is 25.1 Å². The quantitative estimate of drug-likeness (QED) is 0.524. The highest BCUT2D eigenvalue weighted by atomic mass is 32.2. The number of carbonyl (C=O) groups is 4. The summed E-state index contributed by atoms with van der Waals surface area (Å²) in [4.78, 5) is 52.0. The summed E-state index contributed by atoms with van der Waals surface area (Å²) in [6.07, 6.45) is -0.828. The molecular formula is C28H32F3N3O7S. The Morgan fingerprint density at radius 2 is 1.57 bits per heavy atom. The maximum absolute atomic E-state index is 13.9. The monoisotopic (exact) mass is 611 g/mol. The van der Waals surface area contributed by atoms with Gasteiger partial charge in [0.2, 0.25) is 5.91 Å². The van der Waals surface area contributed by atoms with Crippen LogP contribution >= 0.6 is 0 Å². The van der Waals surface area contributed by atoms with Crippen LogP contribution in [0.25, 0.3) is 10.8 Å². The molecular weight excluding hydrogens is 579 g/mol. The highest BCUT2D eigenvalue weighted by Crippen LogP contribution is 2.42. The lowest BCUT2D eigenvalue weighted by molar-refractivity contribution is -0.192. The van der Waals surface area contributed by atoms with Gasteiger partial charge < -0.3 is 14.9 Å². The fraction of sp³-hybridized carbons (Fsp3) is 0.500. The number of fused-ring (bicyclic) bond motifs is 2. The van der Waals surface area contributed by atoms with Crippen LogP contribution in [0.2, 0.25) is 0 Å². The SMILES string of the molecule is CCC[C@H]1C(=O)N(S(=O)(=O)c2cccc3ccccc23)[C@H]2CCN(C(=O)C(=O)N3CCCCC3)[C@H]12.O=C(O)C(F)(F)F. The molecule has 3 atom stereocenters. The third kappa shape index (κ3) is 5.94. The molecule has 3 amide bonds. The van der Waals surface area contributed by atoms with E-state index in [4.69, 9.17) is 9.90 Å². The van der Waals surface area contributed by atoms with E-state index in [0.29, 0.717) is 37.7 Å². The molecule has 14 heteroatoms. The first kappa shape index (κ1) is 31.3. The van der Waals surface area contributed by atoms with Gasteiger partial charge in [0.25, 0.3) is 10.0 Å². The van der Waals surface area contributed by atoms with Gasteiger partial charge >= 0.3 is 24.0 Å². The zero-order chi connectivity index (χ0) is 30.8. The van der Waals surface area contributed by atoms with Crippen molar-refractivity contribution in [3.8, 4) is 0 Å². The van der Waals surface area contributed by atoms with E-state index in [2.05, 4.69) is 0 Å². The van der Waals surface area contributed by atoms with Crippen molar-refractivity contribution in [1.82, 2.24) is 14.1 Å². The molecule has 3 saturated heterocycles. The molecule has 0 aromatic heterocycles. The van der Waals surface area contributed by atoms with Crippen molar-refractivity contribution in [3.05, 3.63) is 42.5 Å². The van der Waals surface area contributed by atoms with Crippen LogP contribution < -0.4 is 0 Å². The number of rotatable bonds is 4. The van der Waals surface area contributed by atoms with Crippen LogP contribution in [0, 0.1) is 5.92 Å². The molecule has 0 unspecified atom stereocenters. The molecule has 3 aliphatic rings. The number of amides is 3. The first-order valence-electron chi connectivity index (χ1n) is 13.8. The number of hydrogen-bond acceptors (Lipinski definition) is 6. The second-order valence-electron chi connectivity index (χ2n) is 10.5. The first-order chi connectivity index (χ1) is 19.8. The van der Waals surface area contributed by atoms with Crippen LogP contribution in [0.5, 0.6) is 0 Å². The summed E-state index contributed by atoms with van der Waals surface area (Å²) in [5, 5.41) is 8.46. The van der Waals surface area contributed by atoms with Crippen LogP contribution in [0.15, 0.2) is 47.4 Å².